The fourth-order valence-corrected chi connectivity index (χ4v) is 4.15. The summed E-state index contributed by atoms with van der Waals surface area (Å²) in [6.45, 7) is 1.58. The van der Waals surface area contributed by atoms with Gasteiger partial charge in [0.25, 0.3) is 0 Å². The Hall–Kier alpha value is -1.26. The fourth-order valence-electron chi connectivity index (χ4n) is 2.90. The summed E-state index contributed by atoms with van der Waals surface area (Å²) in [5, 5.41) is 10.4. The molecule has 1 aromatic heterocycles. The number of hydrogen-bond donors (Lipinski definition) is 1. The highest BCUT2D eigenvalue weighted by Gasteiger charge is 2.24. The average Bonchev–Trinajstić information content (AvgIpc) is 2.74. The van der Waals surface area contributed by atoms with E-state index >= 15 is 0 Å². The summed E-state index contributed by atoms with van der Waals surface area (Å²) in [6, 6.07) is 4.54. The van der Waals surface area contributed by atoms with Crippen molar-refractivity contribution in [2.75, 3.05) is 0 Å². The predicted molar refractivity (Wildman–Crippen MR) is 80.7 cm³/mol. The first kappa shape index (κ1) is 14.7. The molecule has 1 aliphatic carbocycles. The van der Waals surface area contributed by atoms with E-state index in [1.54, 1.807) is 6.92 Å². The highest BCUT2D eigenvalue weighted by molar-refractivity contribution is 7.12. The lowest BCUT2D eigenvalue weighted by Gasteiger charge is -2.12. The van der Waals surface area contributed by atoms with E-state index in [9.17, 15) is 13.9 Å². The Kier molecular flexibility index (Phi) is 4.09. The van der Waals surface area contributed by atoms with Gasteiger partial charge in [-0.15, -0.1) is 11.3 Å². The molecule has 3 rings (SSSR count). The lowest BCUT2D eigenvalue weighted by atomic mass is 10.0. The molecule has 112 valence electrons. The Morgan fingerprint density at radius 2 is 1.90 bits per heavy atom. The molecule has 0 saturated carbocycles. The molecule has 0 fully saturated rings. The minimum Gasteiger partial charge on any atom is -0.383 e. The molecule has 0 radical (unpaired) electrons. The highest BCUT2D eigenvalue weighted by atomic mass is 32.1. The smallest absolute Gasteiger partial charge is 0.135 e. The standard InChI is InChI=1S/C17H18F2OS/c1-10-7-8-12(18)15(16(10)19)17(20)14-9-11-5-3-2-4-6-13(11)21-14/h7-9,17,20H,2-6H2,1H3. The van der Waals surface area contributed by atoms with Gasteiger partial charge in [0.1, 0.15) is 17.7 Å². The van der Waals surface area contributed by atoms with Crippen LogP contribution >= 0.6 is 11.3 Å². The maximum Gasteiger partial charge on any atom is 0.135 e. The second-order valence-electron chi connectivity index (χ2n) is 5.65. The first-order valence-corrected chi connectivity index (χ1v) is 8.13. The number of thiophene rings is 1. The first-order chi connectivity index (χ1) is 10.1. The molecule has 1 nitrogen and oxygen atoms in total. The van der Waals surface area contributed by atoms with Crippen LogP contribution in [0.5, 0.6) is 0 Å². The molecule has 0 spiro atoms. The summed E-state index contributed by atoms with van der Waals surface area (Å²) >= 11 is 1.49. The van der Waals surface area contributed by atoms with Crippen molar-refractivity contribution in [1.29, 1.82) is 0 Å². The van der Waals surface area contributed by atoms with Gasteiger partial charge in [-0.25, -0.2) is 8.78 Å². The van der Waals surface area contributed by atoms with Crippen molar-refractivity contribution >= 4 is 11.3 Å². The van der Waals surface area contributed by atoms with Gasteiger partial charge in [-0.1, -0.05) is 12.5 Å². The molecule has 1 atom stereocenters. The average molecular weight is 308 g/mol. The summed E-state index contributed by atoms with van der Waals surface area (Å²) in [4.78, 5) is 1.90. The maximum atomic E-state index is 14.2. The van der Waals surface area contributed by atoms with Crippen LogP contribution in [0.15, 0.2) is 18.2 Å². The van der Waals surface area contributed by atoms with E-state index in [0.717, 1.165) is 25.7 Å². The van der Waals surface area contributed by atoms with Crippen molar-refractivity contribution in [3.05, 3.63) is 56.3 Å². The topological polar surface area (TPSA) is 20.2 Å². The van der Waals surface area contributed by atoms with E-state index in [-0.39, 0.29) is 5.56 Å². The molecule has 0 aliphatic heterocycles. The molecular weight excluding hydrogens is 290 g/mol. The highest BCUT2D eigenvalue weighted by Crippen LogP contribution is 2.36. The molecule has 0 amide bonds. The Labute approximate surface area is 127 Å². The lowest BCUT2D eigenvalue weighted by molar-refractivity contribution is 0.212. The van der Waals surface area contributed by atoms with Gasteiger partial charge < -0.3 is 5.11 Å². The molecule has 1 aromatic carbocycles. The minimum atomic E-state index is -1.22. The molecular formula is C17H18F2OS. The van der Waals surface area contributed by atoms with Crippen molar-refractivity contribution in [2.24, 2.45) is 0 Å². The molecule has 0 saturated heterocycles. The van der Waals surface area contributed by atoms with Crippen LogP contribution in [0.1, 0.15) is 51.8 Å². The van der Waals surface area contributed by atoms with Crippen LogP contribution in [0.3, 0.4) is 0 Å². The molecule has 0 bridgehead atoms. The Bertz CT molecular complexity index is 640. The monoisotopic (exact) mass is 308 g/mol. The van der Waals surface area contributed by atoms with Gasteiger partial charge in [0.15, 0.2) is 0 Å². The normalized spacial score (nSPS) is 16.4. The van der Waals surface area contributed by atoms with Crippen LogP contribution in [0.25, 0.3) is 0 Å². The van der Waals surface area contributed by atoms with Gasteiger partial charge in [0.2, 0.25) is 0 Å². The van der Waals surface area contributed by atoms with Crippen LogP contribution in [-0.2, 0) is 12.8 Å². The number of aryl methyl sites for hydroxylation is 3. The summed E-state index contributed by atoms with van der Waals surface area (Å²) in [5.74, 6) is -1.33. The summed E-state index contributed by atoms with van der Waals surface area (Å²) in [6.07, 6.45) is 4.30. The van der Waals surface area contributed by atoms with E-state index < -0.39 is 17.7 Å². The molecule has 4 heteroatoms. The SMILES string of the molecule is Cc1ccc(F)c(C(O)c2cc3c(s2)CCCCC3)c1F. The van der Waals surface area contributed by atoms with Crippen molar-refractivity contribution in [2.45, 2.75) is 45.1 Å². The van der Waals surface area contributed by atoms with Crippen molar-refractivity contribution in [3.8, 4) is 0 Å². The van der Waals surface area contributed by atoms with Gasteiger partial charge in [0, 0.05) is 9.75 Å². The van der Waals surface area contributed by atoms with Gasteiger partial charge >= 0.3 is 0 Å². The minimum absolute atomic E-state index is 0.230. The molecule has 1 unspecified atom stereocenters. The number of aliphatic hydroxyl groups excluding tert-OH is 1. The third-order valence-corrected chi connectivity index (χ3v) is 5.42. The third kappa shape index (κ3) is 2.74. The van der Waals surface area contributed by atoms with Crippen molar-refractivity contribution < 1.29 is 13.9 Å². The Morgan fingerprint density at radius 1 is 1.14 bits per heavy atom. The van der Waals surface area contributed by atoms with Crippen LogP contribution < -0.4 is 0 Å². The number of hydrogen-bond acceptors (Lipinski definition) is 2. The van der Waals surface area contributed by atoms with E-state index in [2.05, 4.69) is 0 Å². The number of benzene rings is 1. The predicted octanol–water partition coefficient (Wildman–Crippen LogP) is 4.69. The largest absolute Gasteiger partial charge is 0.383 e. The summed E-state index contributed by atoms with van der Waals surface area (Å²) in [7, 11) is 0. The van der Waals surface area contributed by atoms with Gasteiger partial charge in [-0.3, -0.25) is 0 Å². The Morgan fingerprint density at radius 3 is 2.71 bits per heavy atom. The zero-order valence-corrected chi connectivity index (χ0v) is 12.8. The molecule has 1 N–H and O–H groups in total. The van der Waals surface area contributed by atoms with Crippen molar-refractivity contribution in [1.82, 2.24) is 0 Å². The van der Waals surface area contributed by atoms with E-state index in [0.29, 0.717) is 10.4 Å². The van der Waals surface area contributed by atoms with Gasteiger partial charge in [0.05, 0.1) is 5.56 Å². The second kappa shape index (κ2) is 5.85. The number of rotatable bonds is 2. The van der Waals surface area contributed by atoms with Crippen molar-refractivity contribution in [3.63, 3.8) is 0 Å². The van der Waals surface area contributed by atoms with Gasteiger partial charge in [-0.05, 0) is 55.9 Å². The summed E-state index contributed by atoms with van der Waals surface area (Å²) in [5.41, 5.74) is 1.36. The van der Waals surface area contributed by atoms with E-state index in [1.165, 1.54) is 40.3 Å². The second-order valence-corrected chi connectivity index (χ2v) is 6.82. The quantitative estimate of drug-likeness (QED) is 0.798. The fraction of sp³-hybridized carbons (Fsp3) is 0.412. The van der Waals surface area contributed by atoms with Crippen LogP contribution in [0.4, 0.5) is 8.78 Å². The van der Waals surface area contributed by atoms with E-state index in [4.69, 9.17) is 0 Å². The Balaban J connectivity index is 1.99. The van der Waals surface area contributed by atoms with E-state index in [1.807, 2.05) is 6.07 Å². The zero-order chi connectivity index (χ0) is 15.0. The zero-order valence-electron chi connectivity index (χ0n) is 12.0. The number of halogens is 2. The van der Waals surface area contributed by atoms with Gasteiger partial charge in [-0.2, -0.15) is 0 Å². The first-order valence-electron chi connectivity index (χ1n) is 7.32. The number of fused-ring (bicyclic) bond motifs is 1. The lowest BCUT2D eigenvalue weighted by Crippen LogP contribution is -2.05. The molecule has 21 heavy (non-hydrogen) atoms. The third-order valence-electron chi connectivity index (χ3n) is 4.13. The number of aliphatic hydroxyl groups is 1. The molecule has 2 aromatic rings. The molecule has 1 aliphatic rings. The van der Waals surface area contributed by atoms with Crippen LogP contribution in [0.2, 0.25) is 0 Å². The van der Waals surface area contributed by atoms with Crippen LogP contribution in [-0.4, -0.2) is 5.11 Å². The molecule has 1 heterocycles. The maximum absolute atomic E-state index is 14.2. The summed E-state index contributed by atoms with van der Waals surface area (Å²) < 4.78 is 28.1. The van der Waals surface area contributed by atoms with Crippen LogP contribution in [0, 0.1) is 18.6 Å².